The lowest BCUT2D eigenvalue weighted by Gasteiger charge is -2.08. The Morgan fingerprint density at radius 3 is 2.78 bits per heavy atom. The van der Waals surface area contributed by atoms with E-state index in [9.17, 15) is 9.18 Å². The molecular weight excluding hydrogens is 327 g/mol. The molecule has 0 radical (unpaired) electrons. The summed E-state index contributed by atoms with van der Waals surface area (Å²) in [7, 11) is 0. The van der Waals surface area contributed by atoms with Crippen LogP contribution < -0.4 is 0 Å². The van der Waals surface area contributed by atoms with Crippen molar-refractivity contribution in [2.75, 3.05) is 13.2 Å². The van der Waals surface area contributed by atoms with Gasteiger partial charge in [0.05, 0.1) is 17.2 Å². The molecule has 1 rings (SSSR count). The Morgan fingerprint density at radius 2 is 2.13 bits per heavy atom. The molecule has 23 heavy (non-hydrogen) atoms. The average Bonchev–Trinajstić information content (AvgIpc) is 2.54. The van der Waals surface area contributed by atoms with E-state index < -0.39 is 17.8 Å². The molecule has 0 N–H and O–H groups in total. The predicted octanol–water partition coefficient (Wildman–Crippen LogP) is 4.80. The minimum absolute atomic E-state index is 0.0917. The molecule has 0 aliphatic rings. The zero-order valence-corrected chi connectivity index (χ0v) is 12.9. The second-order valence-corrected chi connectivity index (χ2v) is 4.94. The quantitative estimate of drug-likeness (QED) is 0.210. The van der Waals surface area contributed by atoms with Gasteiger partial charge >= 0.3 is 5.97 Å². The molecule has 0 saturated heterocycles. The van der Waals surface area contributed by atoms with Crippen LogP contribution in [0.25, 0.3) is 20.9 Å². The molecule has 0 aliphatic carbocycles. The Bertz CT molecular complexity index is 643. The van der Waals surface area contributed by atoms with E-state index in [-0.39, 0.29) is 23.7 Å². The van der Waals surface area contributed by atoms with Crippen LogP contribution in [0.5, 0.6) is 0 Å². The van der Waals surface area contributed by atoms with Crippen LogP contribution in [0.3, 0.4) is 0 Å². The SMILES string of the molecule is [N-]=[N+]=NCC(CCCCOC(=O)c1ccc(F)c(Cl)c1)N=[N+]=[N-]. The highest BCUT2D eigenvalue weighted by Gasteiger charge is 2.10. The summed E-state index contributed by atoms with van der Waals surface area (Å²) >= 11 is 5.59. The van der Waals surface area contributed by atoms with Gasteiger partial charge in [0.15, 0.2) is 0 Å². The summed E-state index contributed by atoms with van der Waals surface area (Å²) in [6.07, 6.45) is 1.69. The van der Waals surface area contributed by atoms with Gasteiger partial charge < -0.3 is 4.74 Å². The lowest BCUT2D eigenvalue weighted by Crippen LogP contribution is -2.10. The number of unbranched alkanes of at least 4 members (excludes halogenated alkanes) is 1. The first-order valence-electron chi connectivity index (χ1n) is 6.75. The normalized spacial score (nSPS) is 11.0. The summed E-state index contributed by atoms with van der Waals surface area (Å²) in [5.74, 6) is -1.19. The van der Waals surface area contributed by atoms with E-state index in [1.165, 1.54) is 12.1 Å². The van der Waals surface area contributed by atoms with Gasteiger partial charge in [-0.2, -0.15) is 0 Å². The van der Waals surface area contributed by atoms with Gasteiger partial charge in [-0.1, -0.05) is 21.8 Å². The fraction of sp³-hybridized carbons (Fsp3) is 0.462. The van der Waals surface area contributed by atoms with Crippen LogP contribution in [-0.2, 0) is 4.74 Å². The standard InChI is InChI=1S/C13H14ClFN6O2/c14-11-7-9(4-5-12(11)15)13(22)23-6-2-1-3-10(19-21-17)8-18-20-16/h4-5,7,10H,1-3,6,8H2. The molecule has 0 aromatic heterocycles. The van der Waals surface area contributed by atoms with Crippen LogP contribution in [-0.4, -0.2) is 25.2 Å². The van der Waals surface area contributed by atoms with Gasteiger partial charge in [0.1, 0.15) is 5.82 Å². The number of halogens is 2. The largest absolute Gasteiger partial charge is 0.462 e. The number of carbonyl (C=O) groups is 1. The number of hydrogen-bond donors (Lipinski definition) is 0. The number of nitrogens with zero attached hydrogens (tertiary/aromatic N) is 6. The minimum Gasteiger partial charge on any atom is -0.462 e. The number of ether oxygens (including phenoxy) is 1. The van der Waals surface area contributed by atoms with Crippen LogP contribution >= 0.6 is 11.6 Å². The third-order valence-corrected chi connectivity index (χ3v) is 3.18. The van der Waals surface area contributed by atoms with Crippen molar-refractivity contribution in [2.24, 2.45) is 10.2 Å². The number of hydrogen-bond acceptors (Lipinski definition) is 4. The average molecular weight is 341 g/mol. The lowest BCUT2D eigenvalue weighted by molar-refractivity contribution is 0.0497. The van der Waals surface area contributed by atoms with Crippen molar-refractivity contribution in [1.82, 2.24) is 0 Å². The maximum atomic E-state index is 13.0. The van der Waals surface area contributed by atoms with Crippen LogP contribution in [0.4, 0.5) is 4.39 Å². The second kappa shape index (κ2) is 10.3. The van der Waals surface area contributed by atoms with E-state index in [0.717, 1.165) is 6.07 Å². The van der Waals surface area contributed by atoms with Gasteiger partial charge in [0.25, 0.3) is 0 Å². The monoisotopic (exact) mass is 340 g/mol. The summed E-state index contributed by atoms with van der Waals surface area (Å²) in [6, 6.07) is 3.18. The first kappa shape index (κ1) is 18.6. The summed E-state index contributed by atoms with van der Waals surface area (Å²) in [4.78, 5) is 17.0. The fourth-order valence-electron chi connectivity index (χ4n) is 1.74. The van der Waals surface area contributed by atoms with Crippen molar-refractivity contribution in [1.29, 1.82) is 0 Å². The fourth-order valence-corrected chi connectivity index (χ4v) is 1.92. The smallest absolute Gasteiger partial charge is 0.338 e. The van der Waals surface area contributed by atoms with Gasteiger partial charge in [-0.05, 0) is 48.5 Å². The highest BCUT2D eigenvalue weighted by atomic mass is 35.5. The second-order valence-electron chi connectivity index (χ2n) is 4.53. The maximum absolute atomic E-state index is 13.0. The molecule has 1 aromatic carbocycles. The Balaban J connectivity index is 2.33. The number of benzene rings is 1. The van der Waals surface area contributed by atoms with Crippen LogP contribution in [0.2, 0.25) is 5.02 Å². The number of esters is 1. The molecule has 10 heteroatoms. The Labute approximate surface area is 136 Å². The van der Waals surface area contributed by atoms with Crippen molar-refractivity contribution in [2.45, 2.75) is 25.3 Å². The molecule has 0 saturated carbocycles. The van der Waals surface area contributed by atoms with Gasteiger partial charge in [0, 0.05) is 22.4 Å². The van der Waals surface area contributed by atoms with Crippen LogP contribution in [0, 0.1) is 5.82 Å². The van der Waals surface area contributed by atoms with Gasteiger partial charge in [-0.3, -0.25) is 0 Å². The van der Waals surface area contributed by atoms with Gasteiger partial charge in [0.2, 0.25) is 0 Å². The molecule has 1 atom stereocenters. The molecule has 0 fully saturated rings. The van der Waals surface area contributed by atoms with Crippen molar-refractivity contribution in [3.05, 3.63) is 55.5 Å². The first-order valence-corrected chi connectivity index (χ1v) is 7.13. The Hall–Kier alpha value is -2.47. The molecule has 0 bridgehead atoms. The molecule has 0 heterocycles. The summed E-state index contributed by atoms with van der Waals surface area (Å²) in [6.45, 7) is 0.257. The highest BCUT2D eigenvalue weighted by molar-refractivity contribution is 6.31. The first-order chi connectivity index (χ1) is 11.1. The highest BCUT2D eigenvalue weighted by Crippen LogP contribution is 2.16. The Morgan fingerprint density at radius 1 is 1.35 bits per heavy atom. The Kier molecular flexibility index (Phi) is 8.31. The lowest BCUT2D eigenvalue weighted by atomic mass is 10.1. The van der Waals surface area contributed by atoms with Crippen LogP contribution in [0.15, 0.2) is 28.4 Å². The van der Waals surface area contributed by atoms with Crippen molar-refractivity contribution >= 4 is 17.6 Å². The molecule has 0 amide bonds. The molecule has 1 unspecified atom stereocenters. The van der Waals surface area contributed by atoms with Gasteiger partial charge in [-0.15, -0.1) is 0 Å². The van der Waals surface area contributed by atoms with E-state index in [0.29, 0.717) is 19.3 Å². The van der Waals surface area contributed by atoms with E-state index in [1.807, 2.05) is 0 Å². The van der Waals surface area contributed by atoms with E-state index in [2.05, 4.69) is 20.1 Å². The third kappa shape index (κ3) is 6.88. The molecular formula is C13H14ClFN6O2. The maximum Gasteiger partial charge on any atom is 0.338 e. The zero-order valence-electron chi connectivity index (χ0n) is 12.1. The molecule has 0 aliphatic heterocycles. The van der Waals surface area contributed by atoms with Crippen LogP contribution in [0.1, 0.15) is 29.6 Å². The summed E-state index contributed by atoms with van der Waals surface area (Å²) in [5, 5.41) is 6.73. The van der Waals surface area contributed by atoms with E-state index in [1.54, 1.807) is 0 Å². The van der Waals surface area contributed by atoms with Crippen molar-refractivity contribution in [3.8, 4) is 0 Å². The number of azide groups is 2. The molecule has 8 nitrogen and oxygen atoms in total. The predicted molar refractivity (Wildman–Crippen MR) is 82.5 cm³/mol. The summed E-state index contributed by atoms with van der Waals surface area (Å²) in [5.41, 5.74) is 16.8. The number of rotatable bonds is 9. The topological polar surface area (TPSA) is 124 Å². The molecule has 0 spiro atoms. The van der Waals surface area contributed by atoms with E-state index >= 15 is 0 Å². The minimum atomic E-state index is -0.604. The van der Waals surface area contributed by atoms with E-state index in [4.69, 9.17) is 27.4 Å². The summed E-state index contributed by atoms with van der Waals surface area (Å²) < 4.78 is 18.0. The molecule has 1 aromatic rings. The van der Waals surface area contributed by atoms with Crippen molar-refractivity contribution in [3.63, 3.8) is 0 Å². The number of carbonyl (C=O) groups excluding carboxylic acids is 1. The molecule has 122 valence electrons. The zero-order chi connectivity index (χ0) is 17.1. The third-order valence-electron chi connectivity index (χ3n) is 2.89. The van der Waals surface area contributed by atoms with Crippen molar-refractivity contribution < 1.29 is 13.9 Å². The van der Waals surface area contributed by atoms with Gasteiger partial charge in [-0.25, -0.2) is 9.18 Å².